The summed E-state index contributed by atoms with van der Waals surface area (Å²) in [6.45, 7) is 1.74. The molecule has 7 nitrogen and oxygen atoms in total. The lowest BCUT2D eigenvalue weighted by molar-refractivity contribution is -0.274. The van der Waals surface area contributed by atoms with E-state index in [-0.39, 0.29) is 12.2 Å². The Balaban J connectivity index is 1.61. The van der Waals surface area contributed by atoms with E-state index in [1.807, 2.05) is 6.07 Å². The lowest BCUT2D eigenvalue weighted by atomic mass is 10.1. The van der Waals surface area contributed by atoms with Gasteiger partial charge in [0.25, 0.3) is 5.91 Å². The number of fused-ring (bicyclic) bond motifs is 1. The topological polar surface area (TPSA) is 88.8 Å². The highest BCUT2D eigenvalue weighted by atomic mass is 19.4. The van der Waals surface area contributed by atoms with E-state index in [0.29, 0.717) is 11.2 Å². The van der Waals surface area contributed by atoms with Gasteiger partial charge >= 0.3 is 12.4 Å². The number of ether oxygens (including phenoxy) is 1. The normalized spacial score (nSPS) is 17.0. The summed E-state index contributed by atoms with van der Waals surface area (Å²) in [5.41, 5.74) is 7.99. The minimum absolute atomic E-state index is 0.139. The molecule has 10 heteroatoms. The number of rotatable bonds is 4. The van der Waals surface area contributed by atoms with Crippen LogP contribution in [0.4, 0.5) is 29.3 Å². The molecule has 0 saturated carbocycles. The van der Waals surface area contributed by atoms with Crippen LogP contribution in [0.3, 0.4) is 0 Å². The molecular formula is C21H17F3N4O3. The number of anilines is 2. The first-order valence-corrected chi connectivity index (χ1v) is 9.28. The number of imide groups is 1. The highest BCUT2D eigenvalue weighted by molar-refractivity contribution is 6.21. The second-order valence-corrected chi connectivity index (χ2v) is 7.02. The van der Waals surface area contributed by atoms with Gasteiger partial charge < -0.3 is 15.4 Å². The van der Waals surface area contributed by atoms with E-state index in [4.69, 9.17) is 5.73 Å². The van der Waals surface area contributed by atoms with Crippen LogP contribution in [0.15, 0.2) is 54.7 Å². The van der Waals surface area contributed by atoms with Crippen molar-refractivity contribution in [2.45, 2.75) is 25.9 Å². The van der Waals surface area contributed by atoms with Crippen molar-refractivity contribution in [3.8, 4) is 5.75 Å². The molecule has 1 unspecified atom stereocenters. The number of benzene rings is 2. The number of alkyl halides is 3. The molecule has 0 bridgehead atoms. The summed E-state index contributed by atoms with van der Waals surface area (Å²) in [5.74, 6) is -0.923. The number of hydrogen-bond donors (Lipinski definition) is 1. The van der Waals surface area contributed by atoms with Crippen LogP contribution in [0.25, 0.3) is 10.9 Å². The van der Waals surface area contributed by atoms with Gasteiger partial charge in [0.15, 0.2) is 0 Å². The van der Waals surface area contributed by atoms with Crippen molar-refractivity contribution >= 4 is 34.2 Å². The summed E-state index contributed by atoms with van der Waals surface area (Å²) in [5, 5.41) is 0.766. The molecule has 1 aliphatic rings. The molecule has 160 valence electrons. The number of halogens is 3. The molecule has 1 fully saturated rings. The van der Waals surface area contributed by atoms with Crippen LogP contribution in [0.2, 0.25) is 0 Å². The van der Waals surface area contributed by atoms with E-state index in [2.05, 4.69) is 9.72 Å². The first-order valence-electron chi connectivity index (χ1n) is 9.28. The van der Waals surface area contributed by atoms with Gasteiger partial charge in [-0.3, -0.25) is 9.78 Å². The third kappa shape index (κ3) is 3.83. The van der Waals surface area contributed by atoms with Gasteiger partial charge in [0.1, 0.15) is 11.8 Å². The Morgan fingerprint density at radius 1 is 1.10 bits per heavy atom. The molecule has 2 heterocycles. The van der Waals surface area contributed by atoms with Crippen molar-refractivity contribution in [1.29, 1.82) is 0 Å². The van der Waals surface area contributed by atoms with Crippen LogP contribution in [0, 0.1) is 0 Å². The van der Waals surface area contributed by atoms with Crippen molar-refractivity contribution in [1.82, 2.24) is 9.88 Å². The zero-order valence-corrected chi connectivity index (χ0v) is 16.3. The predicted octanol–water partition coefficient (Wildman–Crippen LogP) is 4.07. The number of amides is 3. The fourth-order valence-corrected chi connectivity index (χ4v) is 3.53. The van der Waals surface area contributed by atoms with Gasteiger partial charge in [-0.05, 0) is 48.9 Å². The zero-order chi connectivity index (χ0) is 22.3. The molecule has 3 amide bonds. The summed E-state index contributed by atoms with van der Waals surface area (Å²) in [4.78, 5) is 32.4. The van der Waals surface area contributed by atoms with Gasteiger partial charge in [0, 0.05) is 18.1 Å². The SMILES string of the molecule is CC1C(=O)N(c2ccc(OC(F)(F)F)cc2)C(=O)N1Cc1ccnc2c(N)cccc12. The lowest BCUT2D eigenvalue weighted by Crippen LogP contribution is -2.33. The largest absolute Gasteiger partial charge is 0.573 e. The highest BCUT2D eigenvalue weighted by Crippen LogP contribution is 2.31. The molecule has 1 aromatic heterocycles. The smallest absolute Gasteiger partial charge is 0.406 e. The van der Waals surface area contributed by atoms with Gasteiger partial charge in [-0.25, -0.2) is 9.69 Å². The number of hydrogen-bond acceptors (Lipinski definition) is 5. The maximum Gasteiger partial charge on any atom is 0.573 e. The number of carbonyl (C=O) groups excluding carboxylic acids is 2. The molecular weight excluding hydrogens is 413 g/mol. The second-order valence-electron chi connectivity index (χ2n) is 7.02. The number of nitrogens with two attached hydrogens (primary N) is 1. The van der Waals surface area contributed by atoms with Crippen LogP contribution in [0.5, 0.6) is 5.75 Å². The fourth-order valence-electron chi connectivity index (χ4n) is 3.53. The molecule has 1 saturated heterocycles. The van der Waals surface area contributed by atoms with Crippen LogP contribution < -0.4 is 15.4 Å². The van der Waals surface area contributed by atoms with Crippen molar-refractivity contribution in [3.05, 3.63) is 60.3 Å². The van der Waals surface area contributed by atoms with Crippen LogP contribution in [-0.4, -0.2) is 34.2 Å². The quantitative estimate of drug-likeness (QED) is 0.498. The Morgan fingerprint density at radius 2 is 1.81 bits per heavy atom. The molecule has 2 aromatic carbocycles. The Bertz CT molecular complexity index is 1160. The van der Waals surface area contributed by atoms with Gasteiger partial charge in [0.2, 0.25) is 0 Å². The third-order valence-electron chi connectivity index (χ3n) is 5.04. The number of nitrogen functional groups attached to an aromatic ring is 1. The van der Waals surface area contributed by atoms with E-state index in [9.17, 15) is 22.8 Å². The number of urea groups is 1. The Hall–Kier alpha value is -3.82. The van der Waals surface area contributed by atoms with E-state index < -0.39 is 30.1 Å². The predicted molar refractivity (Wildman–Crippen MR) is 107 cm³/mol. The molecule has 4 rings (SSSR count). The molecule has 3 aromatic rings. The van der Waals surface area contributed by atoms with Crippen LogP contribution in [-0.2, 0) is 11.3 Å². The van der Waals surface area contributed by atoms with E-state index in [1.165, 1.54) is 17.0 Å². The minimum Gasteiger partial charge on any atom is -0.406 e. The maximum absolute atomic E-state index is 13.0. The molecule has 2 N–H and O–H groups in total. The number of carbonyl (C=O) groups is 2. The third-order valence-corrected chi connectivity index (χ3v) is 5.04. The molecule has 1 atom stereocenters. The standard InChI is InChI=1S/C21H17F3N4O3/c1-12-19(29)28(14-5-7-15(8-6-14)31-21(22,23)24)20(30)27(12)11-13-9-10-26-18-16(13)3-2-4-17(18)25/h2-10,12H,11,25H2,1H3. The van der Waals surface area contributed by atoms with Crippen molar-refractivity contribution in [3.63, 3.8) is 0 Å². The lowest BCUT2D eigenvalue weighted by Gasteiger charge is -2.20. The van der Waals surface area contributed by atoms with Crippen molar-refractivity contribution < 1.29 is 27.5 Å². The number of para-hydroxylation sites is 1. The Kier molecular flexibility index (Phi) is 4.92. The number of pyridine rings is 1. The molecule has 0 spiro atoms. The molecule has 0 aliphatic carbocycles. The van der Waals surface area contributed by atoms with E-state index in [1.54, 1.807) is 31.3 Å². The Labute approximate surface area is 174 Å². The summed E-state index contributed by atoms with van der Waals surface area (Å²) in [6, 6.07) is 10.3. The first-order chi connectivity index (χ1) is 14.7. The fraction of sp³-hybridized carbons (Fsp3) is 0.190. The number of nitrogens with zero attached hydrogens (tertiary/aromatic N) is 3. The highest BCUT2D eigenvalue weighted by Gasteiger charge is 2.43. The van der Waals surface area contributed by atoms with Gasteiger partial charge in [-0.1, -0.05) is 12.1 Å². The van der Waals surface area contributed by atoms with Crippen molar-refractivity contribution in [2.24, 2.45) is 0 Å². The molecule has 1 aliphatic heterocycles. The summed E-state index contributed by atoms with van der Waals surface area (Å²) in [6.07, 6.45) is -3.25. The molecule has 31 heavy (non-hydrogen) atoms. The van der Waals surface area contributed by atoms with Gasteiger partial charge in [-0.15, -0.1) is 13.2 Å². The van der Waals surface area contributed by atoms with Crippen LogP contribution >= 0.6 is 0 Å². The zero-order valence-electron chi connectivity index (χ0n) is 16.3. The summed E-state index contributed by atoms with van der Waals surface area (Å²) in [7, 11) is 0. The maximum atomic E-state index is 13.0. The summed E-state index contributed by atoms with van der Waals surface area (Å²) >= 11 is 0. The molecule has 0 radical (unpaired) electrons. The second kappa shape index (κ2) is 7.46. The van der Waals surface area contributed by atoms with E-state index in [0.717, 1.165) is 28.0 Å². The van der Waals surface area contributed by atoms with Gasteiger partial charge in [0.05, 0.1) is 16.9 Å². The first kappa shape index (κ1) is 20.5. The van der Waals surface area contributed by atoms with Gasteiger partial charge in [-0.2, -0.15) is 0 Å². The van der Waals surface area contributed by atoms with Crippen LogP contribution in [0.1, 0.15) is 12.5 Å². The monoisotopic (exact) mass is 430 g/mol. The minimum atomic E-state index is -4.83. The Morgan fingerprint density at radius 3 is 2.48 bits per heavy atom. The summed E-state index contributed by atoms with van der Waals surface area (Å²) < 4.78 is 40.9. The van der Waals surface area contributed by atoms with E-state index >= 15 is 0 Å². The average Bonchev–Trinajstić information content (AvgIpc) is 2.92. The van der Waals surface area contributed by atoms with Crippen molar-refractivity contribution in [2.75, 3.05) is 10.6 Å². The number of aromatic nitrogens is 1. The average molecular weight is 430 g/mol.